The molecular formula is C39H25N5. The van der Waals surface area contributed by atoms with Gasteiger partial charge in [-0.25, -0.2) is 15.0 Å². The van der Waals surface area contributed by atoms with Gasteiger partial charge in [-0.15, -0.1) is 0 Å². The Morgan fingerprint density at radius 1 is 0.341 bits per heavy atom. The number of fused-ring (bicyclic) bond motifs is 2. The molecule has 3 heterocycles. The predicted octanol–water partition coefficient (Wildman–Crippen LogP) is 9.30. The van der Waals surface area contributed by atoms with Crippen LogP contribution in [-0.2, 0) is 0 Å². The molecule has 0 atom stereocenters. The van der Waals surface area contributed by atoms with Crippen LogP contribution in [0.25, 0.3) is 78.1 Å². The fraction of sp³-hybridized carbons (Fsp3) is 0. The summed E-state index contributed by atoms with van der Waals surface area (Å²) >= 11 is 0. The molecule has 0 unspecified atom stereocenters. The Morgan fingerprint density at radius 2 is 0.864 bits per heavy atom. The van der Waals surface area contributed by atoms with Crippen LogP contribution in [0, 0.1) is 0 Å². The molecule has 5 nitrogen and oxygen atoms in total. The van der Waals surface area contributed by atoms with E-state index in [1.807, 2.05) is 79.0 Å². The molecule has 0 spiro atoms. The number of aromatic nitrogens is 5. The molecule has 0 bridgehead atoms. The van der Waals surface area contributed by atoms with Gasteiger partial charge in [0.1, 0.15) is 0 Å². The molecule has 0 saturated heterocycles. The number of nitrogens with zero attached hydrogens (tertiary/aromatic N) is 5. The van der Waals surface area contributed by atoms with Crippen molar-refractivity contribution in [3.05, 3.63) is 152 Å². The predicted molar refractivity (Wildman–Crippen MR) is 178 cm³/mol. The van der Waals surface area contributed by atoms with E-state index in [0.29, 0.717) is 17.5 Å². The minimum absolute atomic E-state index is 0.649. The summed E-state index contributed by atoms with van der Waals surface area (Å²) in [5.74, 6) is 1.96. The molecular weight excluding hydrogens is 538 g/mol. The van der Waals surface area contributed by atoms with Crippen molar-refractivity contribution in [2.24, 2.45) is 0 Å². The highest BCUT2D eigenvalue weighted by Gasteiger charge is 2.13. The van der Waals surface area contributed by atoms with Crippen LogP contribution in [0.2, 0.25) is 0 Å². The van der Waals surface area contributed by atoms with Gasteiger partial charge in [-0.2, -0.15) is 0 Å². The van der Waals surface area contributed by atoms with Crippen molar-refractivity contribution in [3.63, 3.8) is 0 Å². The van der Waals surface area contributed by atoms with Gasteiger partial charge >= 0.3 is 0 Å². The zero-order chi connectivity index (χ0) is 29.3. The van der Waals surface area contributed by atoms with E-state index in [-0.39, 0.29) is 0 Å². The van der Waals surface area contributed by atoms with Gasteiger partial charge in [-0.1, -0.05) is 91.0 Å². The van der Waals surface area contributed by atoms with Crippen molar-refractivity contribution in [2.45, 2.75) is 0 Å². The Kier molecular flexibility index (Phi) is 6.39. The lowest BCUT2D eigenvalue weighted by Gasteiger charge is -2.10. The standard InChI is InChI=1S/C39H25N5/c1-3-7-27(8-4-1)37-42-38(28-9-5-2-6-10-28)44-39(43-37)32-14-12-30-21-34-23-31(13-11-29(34)22-35(30)24-32)36-16-15-33(25-41-36)26-17-19-40-20-18-26/h1-25H. The van der Waals surface area contributed by atoms with Crippen LogP contribution in [0.1, 0.15) is 0 Å². The molecule has 206 valence electrons. The minimum atomic E-state index is 0.649. The van der Waals surface area contributed by atoms with Crippen LogP contribution in [-0.4, -0.2) is 24.9 Å². The third-order valence-electron chi connectivity index (χ3n) is 7.83. The van der Waals surface area contributed by atoms with Crippen molar-refractivity contribution in [1.29, 1.82) is 0 Å². The largest absolute Gasteiger partial charge is 0.265 e. The topological polar surface area (TPSA) is 64.5 Å². The summed E-state index contributed by atoms with van der Waals surface area (Å²) in [7, 11) is 0. The van der Waals surface area contributed by atoms with Gasteiger partial charge in [-0.3, -0.25) is 9.97 Å². The Morgan fingerprint density at radius 3 is 1.43 bits per heavy atom. The molecule has 0 aliphatic heterocycles. The average molecular weight is 564 g/mol. The molecule has 0 aliphatic rings. The number of hydrogen-bond acceptors (Lipinski definition) is 5. The van der Waals surface area contributed by atoms with Gasteiger partial charge in [0.25, 0.3) is 0 Å². The lowest BCUT2D eigenvalue weighted by Crippen LogP contribution is -2.00. The molecule has 8 rings (SSSR count). The maximum absolute atomic E-state index is 4.91. The zero-order valence-electron chi connectivity index (χ0n) is 23.7. The monoisotopic (exact) mass is 563 g/mol. The van der Waals surface area contributed by atoms with E-state index < -0.39 is 0 Å². The second-order valence-electron chi connectivity index (χ2n) is 10.7. The van der Waals surface area contributed by atoms with Crippen molar-refractivity contribution in [3.8, 4) is 56.5 Å². The second kappa shape index (κ2) is 11.0. The third kappa shape index (κ3) is 4.97. The van der Waals surface area contributed by atoms with E-state index in [1.54, 1.807) is 12.4 Å². The first-order valence-electron chi connectivity index (χ1n) is 14.5. The first-order valence-corrected chi connectivity index (χ1v) is 14.5. The molecule has 5 aromatic carbocycles. The summed E-state index contributed by atoms with van der Waals surface area (Å²) in [6.45, 7) is 0. The molecule has 0 fully saturated rings. The van der Waals surface area contributed by atoms with Crippen LogP contribution in [0.3, 0.4) is 0 Å². The summed E-state index contributed by atoms with van der Waals surface area (Å²) < 4.78 is 0. The zero-order valence-corrected chi connectivity index (χ0v) is 23.7. The number of benzene rings is 5. The van der Waals surface area contributed by atoms with E-state index in [1.165, 1.54) is 5.39 Å². The molecule has 3 aromatic heterocycles. The Labute approximate surface area is 254 Å². The summed E-state index contributed by atoms with van der Waals surface area (Å²) in [6, 6.07) is 45.7. The summed E-state index contributed by atoms with van der Waals surface area (Å²) in [4.78, 5) is 23.5. The maximum Gasteiger partial charge on any atom is 0.164 e. The molecule has 5 heteroatoms. The van der Waals surface area contributed by atoms with E-state index >= 15 is 0 Å². The average Bonchev–Trinajstić information content (AvgIpc) is 3.11. The van der Waals surface area contributed by atoms with Crippen LogP contribution in [0.15, 0.2) is 152 Å². The number of rotatable bonds is 5. The first-order chi connectivity index (χ1) is 21.8. The van der Waals surface area contributed by atoms with Gasteiger partial charge in [-0.05, 0) is 69.6 Å². The molecule has 44 heavy (non-hydrogen) atoms. The third-order valence-corrected chi connectivity index (χ3v) is 7.83. The fourth-order valence-corrected chi connectivity index (χ4v) is 5.51. The second-order valence-corrected chi connectivity index (χ2v) is 10.7. The van der Waals surface area contributed by atoms with Gasteiger partial charge in [0.15, 0.2) is 17.5 Å². The normalized spacial score (nSPS) is 11.2. The summed E-state index contributed by atoms with van der Waals surface area (Å²) in [5, 5.41) is 4.61. The van der Waals surface area contributed by atoms with E-state index in [9.17, 15) is 0 Å². The van der Waals surface area contributed by atoms with Crippen LogP contribution in [0.4, 0.5) is 0 Å². The van der Waals surface area contributed by atoms with Crippen molar-refractivity contribution < 1.29 is 0 Å². The highest BCUT2D eigenvalue weighted by molar-refractivity contribution is 6.00. The van der Waals surface area contributed by atoms with E-state index in [0.717, 1.165) is 55.2 Å². The molecule has 0 radical (unpaired) electrons. The minimum Gasteiger partial charge on any atom is -0.265 e. The van der Waals surface area contributed by atoms with Crippen LogP contribution < -0.4 is 0 Å². The van der Waals surface area contributed by atoms with Crippen LogP contribution >= 0.6 is 0 Å². The molecule has 0 saturated carbocycles. The number of hydrogen-bond donors (Lipinski definition) is 0. The summed E-state index contributed by atoms with van der Waals surface area (Å²) in [5.41, 5.74) is 7.07. The van der Waals surface area contributed by atoms with Gasteiger partial charge in [0, 0.05) is 46.4 Å². The first kappa shape index (κ1) is 25.6. The van der Waals surface area contributed by atoms with Crippen molar-refractivity contribution >= 4 is 21.5 Å². The Hall–Kier alpha value is -6.07. The van der Waals surface area contributed by atoms with Crippen molar-refractivity contribution in [1.82, 2.24) is 24.9 Å². The SMILES string of the molecule is c1ccc(-c2nc(-c3ccccc3)nc(-c3ccc4cc5cc(-c6ccc(-c7ccncc7)cn6)ccc5cc4c3)n2)cc1. The number of pyridine rings is 2. The van der Waals surface area contributed by atoms with Crippen molar-refractivity contribution in [2.75, 3.05) is 0 Å². The van der Waals surface area contributed by atoms with Crippen LogP contribution in [0.5, 0.6) is 0 Å². The van der Waals surface area contributed by atoms with E-state index in [2.05, 4.69) is 65.6 Å². The fourth-order valence-electron chi connectivity index (χ4n) is 5.51. The molecule has 0 N–H and O–H groups in total. The maximum atomic E-state index is 4.91. The highest BCUT2D eigenvalue weighted by Crippen LogP contribution is 2.31. The Balaban J connectivity index is 1.17. The Bertz CT molecular complexity index is 2190. The van der Waals surface area contributed by atoms with Gasteiger partial charge in [0.2, 0.25) is 0 Å². The smallest absolute Gasteiger partial charge is 0.164 e. The van der Waals surface area contributed by atoms with Gasteiger partial charge in [0.05, 0.1) is 5.69 Å². The lowest BCUT2D eigenvalue weighted by molar-refractivity contribution is 1.07. The van der Waals surface area contributed by atoms with E-state index in [4.69, 9.17) is 19.9 Å². The molecule has 0 aliphatic carbocycles. The molecule has 8 aromatic rings. The highest BCUT2D eigenvalue weighted by atomic mass is 15.0. The molecule has 0 amide bonds. The summed E-state index contributed by atoms with van der Waals surface area (Å²) in [6.07, 6.45) is 5.52. The quantitative estimate of drug-likeness (QED) is 0.195. The lowest BCUT2D eigenvalue weighted by atomic mass is 9.98. The van der Waals surface area contributed by atoms with Gasteiger partial charge < -0.3 is 0 Å².